The molecule has 1 aliphatic rings. The van der Waals surface area contributed by atoms with Gasteiger partial charge >= 0.3 is 6.03 Å². The lowest BCUT2D eigenvalue weighted by Gasteiger charge is -2.09. The second-order valence-corrected chi connectivity index (χ2v) is 7.87. The van der Waals surface area contributed by atoms with Gasteiger partial charge in [-0.3, -0.25) is 0 Å². The highest BCUT2D eigenvalue weighted by Gasteiger charge is 2.32. The van der Waals surface area contributed by atoms with Gasteiger partial charge in [0.15, 0.2) is 0 Å². The van der Waals surface area contributed by atoms with Crippen molar-refractivity contribution in [3.05, 3.63) is 72.3 Å². The van der Waals surface area contributed by atoms with E-state index in [0.29, 0.717) is 28.1 Å². The molecule has 4 rings (SSSR count). The van der Waals surface area contributed by atoms with Gasteiger partial charge in [-0.2, -0.15) is 5.26 Å². The Hall–Kier alpha value is -3.63. The van der Waals surface area contributed by atoms with Crippen LogP contribution in [-0.4, -0.2) is 14.4 Å². The third-order valence-electron chi connectivity index (χ3n) is 4.27. The van der Waals surface area contributed by atoms with Gasteiger partial charge in [-0.05, 0) is 42.5 Å². The van der Waals surface area contributed by atoms with Crippen LogP contribution in [0.2, 0.25) is 0 Å². The zero-order chi connectivity index (χ0) is 19.0. The number of hydrogen-bond donors (Lipinski definition) is 2. The molecule has 132 valence electrons. The molecule has 0 aliphatic carbocycles. The van der Waals surface area contributed by atoms with Crippen LogP contribution in [0, 0.1) is 11.3 Å². The molecule has 7 heteroatoms. The van der Waals surface area contributed by atoms with Crippen LogP contribution in [0.25, 0.3) is 11.1 Å². The maximum absolute atomic E-state index is 12.7. The summed E-state index contributed by atoms with van der Waals surface area (Å²) in [5, 5.41) is 14.1. The number of carbonyl (C=O) groups is 1. The lowest BCUT2D eigenvalue weighted by molar-refractivity contribution is 0.262. The summed E-state index contributed by atoms with van der Waals surface area (Å²) >= 11 is 0. The fraction of sp³-hybridized carbons (Fsp3) is 0. The number of nitriles is 1. The Bertz CT molecular complexity index is 1210. The number of benzene rings is 3. The van der Waals surface area contributed by atoms with E-state index in [4.69, 9.17) is 5.26 Å². The lowest BCUT2D eigenvalue weighted by atomic mass is 10.1. The Balaban J connectivity index is 1.57. The van der Waals surface area contributed by atoms with E-state index < -0.39 is 15.9 Å². The fourth-order valence-corrected chi connectivity index (χ4v) is 4.72. The number of hydrogen-bond acceptors (Lipinski definition) is 4. The van der Waals surface area contributed by atoms with E-state index in [1.54, 1.807) is 60.7 Å². The molecule has 0 unspecified atom stereocenters. The van der Waals surface area contributed by atoms with Crippen molar-refractivity contribution in [3.8, 4) is 17.2 Å². The highest BCUT2D eigenvalue weighted by molar-refractivity contribution is 7.92. The maximum Gasteiger partial charge on any atom is 0.323 e. The van der Waals surface area contributed by atoms with Crippen LogP contribution < -0.4 is 10.6 Å². The molecule has 3 aromatic carbocycles. The summed E-state index contributed by atoms with van der Waals surface area (Å²) in [6.07, 6.45) is 0. The SMILES string of the molecule is N#Cc1ccc(NC(=O)Nc2ccc3c(c2)S(=O)(=O)c2ccccc2-3)cc1. The third kappa shape index (κ3) is 2.92. The lowest BCUT2D eigenvalue weighted by Crippen LogP contribution is -2.19. The maximum atomic E-state index is 12.7. The summed E-state index contributed by atoms with van der Waals surface area (Å²) in [5.74, 6) is 0. The van der Waals surface area contributed by atoms with Crippen molar-refractivity contribution in [2.24, 2.45) is 0 Å². The van der Waals surface area contributed by atoms with E-state index >= 15 is 0 Å². The first-order valence-electron chi connectivity index (χ1n) is 8.06. The number of nitrogens with zero attached hydrogens (tertiary/aromatic N) is 1. The van der Waals surface area contributed by atoms with Crippen molar-refractivity contribution >= 4 is 27.2 Å². The van der Waals surface area contributed by atoms with Crippen LogP contribution in [0.4, 0.5) is 16.2 Å². The van der Waals surface area contributed by atoms with Crippen LogP contribution in [0.3, 0.4) is 0 Å². The number of nitrogens with one attached hydrogen (secondary N) is 2. The van der Waals surface area contributed by atoms with Gasteiger partial charge in [0.05, 0.1) is 21.4 Å². The second-order valence-electron chi connectivity index (χ2n) is 5.98. The smallest absolute Gasteiger partial charge is 0.308 e. The summed E-state index contributed by atoms with van der Waals surface area (Å²) in [5.41, 5.74) is 2.68. The molecule has 0 bridgehead atoms. The Morgan fingerprint density at radius 3 is 2.19 bits per heavy atom. The van der Waals surface area contributed by atoms with E-state index in [0.717, 1.165) is 0 Å². The molecule has 0 saturated carbocycles. The van der Waals surface area contributed by atoms with E-state index in [2.05, 4.69) is 10.6 Å². The molecule has 1 heterocycles. The van der Waals surface area contributed by atoms with Crippen LogP contribution in [-0.2, 0) is 9.84 Å². The molecular formula is C20H13N3O3S. The minimum absolute atomic E-state index is 0.180. The highest BCUT2D eigenvalue weighted by atomic mass is 32.2. The number of carbonyl (C=O) groups excluding carboxylic acids is 1. The van der Waals surface area contributed by atoms with Gasteiger partial charge in [0.2, 0.25) is 9.84 Å². The largest absolute Gasteiger partial charge is 0.323 e. The molecule has 27 heavy (non-hydrogen) atoms. The molecule has 0 saturated heterocycles. The molecule has 0 aromatic heterocycles. The monoisotopic (exact) mass is 375 g/mol. The van der Waals surface area contributed by atoms with Crippen LogP contribution in [0.15, 0.2) is 76.5 Å². The molecular weight excluding hydrogens is 362 g/mol. The number of anilines is 2. The minimum atomic E-state index is -3.59. The molecule has 0 fully saturated rings. The first-order chi connectivity index (χ1) is 13.0. The Morgan fingerprint density at radius 2 is 1.44 bits per heavy atom. The van der Waals surface area contributed by atoms with Crippen molar-refractivity contribution in [1.29, 1.82) is 5.26 Å². The molecule has 0 atom stereocenters. The average molecular weight is 375 g/mol. The van der Waals surface area contributed by atoms with Crippen molar-refractivity contribution in [2.75, 3.05) is 10.6 Å². The topological polar surface area (TPSA) is 99.1 Å². The van der Waals surface area contributed by atoms with E-state index in [9.17, 15) is 13.2 Å². The molecule has 2 N–H and O–H groups in total. The Kier molecular flexibility index (Phi) is 3.90. The van der Waals surface area contributed by atoms with Crippen LogP contribution >= 0.6 is 0 Å². The summed E-state index contributed by atoms with van der Waals surface area (Å²) in [6.45, 7) is 0. The number of amides is 2. The predicted octanol–water partition coefficient (Wildman–Crippen LogP) is 4.02. The molecule has 3 aromatic rings. The zero-order valence-corrected chi connectivity index (χ0v) is 14.7. The van der Waals surface area contributed by atoms with Crippen LogP contribution in [0.1, 0.15) is 5.56 Å². The Morgan fingerprint density at radius 1 is 0.815 bits per heavy atom. The van der Waals surface area contributed by atoms with Crippen molar-refractivity contribution in [1.82, 2.24) is 0 Å². The van der Waals surface area contributed by atoms with E-state index in [-0.39, 0.29) is 9.79 Å². The van der Waals surface area contributed by atoms with E-state index in [1.165, 1.54) is 6.07 Å². The summed E-state index contributed by atoms with van der Waals surface area (Å²) in [7, 11) is -3.59. The van der Waals surface area contributed by atoms with Gasteiger partial charge in [-0.1, -0.05) is 24.3 Å². The van der Waals surface area contributed by atoms with Crippen molar-refractivity contribution in [3.63, 3.8) is 0 Å². The van der Waals surface area contributed by atoms with Gasteiger partial charge in [0, 0.05) is 22.5 Å². The quantitative estimate of drug-likeness (QED) is 0.553. The van der Waals surface area contributed by atoms with Gasteiger partial charge in [-0.15, -0.1) is 0 Å². The molecule has 2 amide bonds. The zero-order valence-electron chi connectivity index (χ0n) is 13.9. The summed E-state index contributed by atoms with van der Waals surface area (Å²) in [4.78, 5) is 12.6. The van der Waals surface area contributed by atoms with E-state index in [1.807, 2.05) is 6.07 Å². The summed E-state index contributed by atoms with van der Waals surface area (Å²) < 4.78 is 25.4. The van der Waals surface area contributed by atoms with Crippen LogP contribution in [0.5, 0.6) is 0 Å². The third-order valence-corrected chi connectivity index (χ3v) is 6.12. The summed E-state index contributed by atoms with van der Waals surface area (Å²) in [6, 6.07) is 19.5. The van der Waals surface area contributed by atoms with Gasteiger partial charge in [0.1, 0.15) is 0 Å². The van der Waals surface area contributed by atoms with Gasteiger partial charge in [0.25, 0.3) is 0 Å². The number of fused-ring (bicyclic) bond motifs is 3. The Labute approximate surface area is 156 Å². The second kappa shape index (κ2) is 6.27. The molecule has 0 radical (unpaired) electrons. The molecule has 6 nitrogen and oxygen atoms in total. The average Bonchev–Trinajstić information content (AvgIpc) is 2.90. The molecule has 1 aliphatic heterocycles. The number of urea groups is 1. The first-order valence-corrected chi connectivity index (χ1v) is 9.54. The predicted molar refractivity (Wildman–Crippen MR) is 101 cm³/mol. The minimum Gasteiger partial charge on any atom is -0.308 e. The van der Waals surface area contributed by atoms with Gasteiger partial charge in [-0.25, -0.2) is 13.2 Å². The normalized spacial score (nSPS) is 13.1. The number of sulfone groups is 1. The standard InChI is InChI=1S/C20H13N3O3S/c21-12-13-5-7-14(8-6-13)22-20(24)23-15-9-10-17-16-3-1-2-4-18(16)27(25,26)19(17)11-15/h1-11H,(H2,22,23,24). The fourth-order valence-electron chi connectivity index (χ4n) is 3.01. The van der Waals surface area contributed by atoms with Crippen molar-refractivity contribution in [2.45, 2.75) is 9.79 Å². The number of rotatable bonds is 2. The van der Waals surface area contributed by atoms with Crippen molar-refractivity contribution < 1.29 is 13.2 Å². The van der Waals surface area contributed by atoms with Gasteiger partial charge < -0.3 is 10.6 Å². The first kappa shape index (κ1) is 16.8. The highest BCUT2D eigenvalue weighted by Crippen LogP contribution is 2.43. The molecule has 0 spiro atoms.